The molecule has 104 valence electrons. The molecule has 0 saturated carbocycles. The fraction of sp³-hybridized carbons (Fsp3) is 0.353. The highest BCUT2D eigenvalue weighted by Crippen LogP contribution is 2.37. The van der Waals surface area contributed by atoms with Crippen molar-refractivity contribution in [1.82, 2.24) is 4.90 Å². The number of carbonyl (C=O) groups excluding carboxylic acids is 1. The molecule has 2 atom stereocenters. The molecule has 3 heteroatoms. The van der Waals surface area contributed by atoms with Gasteiger partial charge in [-0.05, 0) is 30.2 Å². The highest BCUT2D eigenvalue weighted by Gasteiger charge is 2.40. The minimum absolute atomic E-state index is 0.0198. The smallest absolute Gasteiger partial charge is 0.225 e. The van der Waals surface area contributed by atoms with Crippen molar-refractivity contribution in [2.45, 2.75) is 38.4 Å². The molecule has 0 radical (unpaired) electrons. The van der Waals surface area contributed by atoms with Crippen LogP contribution in [0.2, 0.25) is 0 Å². The van der Waals surface area contributed by atoms with Gasteiger partial charge in [0.05, 0.1) is 6.04 Å². The molecule has 1 fully saturated rings. The topological polar surface area (TPSA) is 46.3 Å². The van der Waals surface area contributed by atoms with E-state index in [2.05, 4.69) is 24.3 Å². The van der Waals surface area contributed by atoms with Crippen LogP contribution in [0.1, 0.15) is 31.9 Å². The van der Waals surface area contributed by atoms with Gasteiger partial charge in [0.2, 0.25) is 5.91 Å². The number of benzene rings is 2. The summed E-state index contributed by atoms with van der Waals surface area (Å²) in [4.78, 5) is 14.1. The maximum atomic E-state index is 12.2. The second-order valence-corrected chi connectivity index (χ2v) is 5.78. The number of rotatable bonds is 2. The molecule has 0 bridgehead atoms. The number of fused-ring (bicyclic) bond motifs is 1. The second kappa shape index (κ2) is 4.91. The molecule has 2 aromatic rings. The number of nitrogens with two attached hydrogens (primary N) is 1. The molecule has 0 aromatic heterocycles. The Kier molecular flexibility index (Phi) is 3.22. The molecule has 2 N–H and O–H groups in total. The molecule has 1 aliphatic rings. The molecular weight excluding hydrogens is 248 g/mol. The van der Waals surface area contributed by atoms with E-state index in [9.17, 15) is 4.79 Å². The lowest BCUT2D eigenvalue weighted by molar-refractivity contribution is -0.130. The molecule has 1 heterocycles. The van der Waals surface area contributed by atoms with E-state index in [1.165, 1.54) is 10.8 Å². The molecule has 20 heavy (non-hydrogen) atoms. The third-order valence-corrected chi connectivity index (χ3v) is 4.10. The summed E-state index contributed by atoms with van der Waals surface area (Å²) in [7, 11) is 0. The molecule has 2 aromatic carbocycles. The molecule has 2 unspecified atom stereocenters. The first-order valence-electron chi connectivity index (χ1n) is 7.14. The molecular formula is C17H20N2O. The minimum atomic E-state index is -0.129. The standard InChI is InChI=1S/C17H20N2O/c1-11(2)19-16(20)10-15(18)17(19)14-9-5-7-12-6-3-4-8-13(12)14/h3-9,11,15,17H,10,18H2,1-2H3. The summed E-state index contributed by atoms with van der Waals surface area (Å²) in [5.74, 6) is 0.158. The molecule has 1 aliphatic heterocycles. The van der Waals surface area contributed by atoms with Crippen molar-refractivity contribution in [3.8, 4) is 0 Å². The van der Waals surface area contributed by atoms with Crippen molar-refractivity contribution >= 4 is 16.7 Å². The number of hydrogen-bond donors (Lipinski definition) is 1. The largest absolute Gasteiger partial charge is 0.332 e. The number of carbonyl (C=O) groups is 1. The van der Waals surface area contributed by atoms with Crippen LogP contribution in [0.25, 0.3) is 10.8 Å². The number of nitrogens with zero attached hydrogens (tertiary/aromatic N) is 1. The van der Waals surface area contributed by atoms with Crippen LogP contribution in [0.4, 0.5) is 0 Å². The molecule has 0 spiro atoms. The van der Waals surface area contributed by atoms with Crippen molar-refractivity contribution in [3.63, 3.8) is 0 Å². The normalized spacial score (nSPS) is 23.0. The van der Waals surface area contributed by atoms with Gasteiger partial charge in [0, 0.05) is 18.5 Å². The summed E-state index contributed by atoms with van der Waals surface area (Å²) in [5.41, 5.74) is 7.42. The maximum Gasteiger partial charge on any atom is 0.225 e. The van der Waals surface area contributed by atoms with Crippen molar-refractivity contribution in [2.75, 3.05) is 0 Å². The Morgan fingerprint density at radius 3 is 2.60 bits per heavy atom. The van der Waals surface area contributed by atoms with Crippen molar-refractivity contribution in [3.05, 3.63) is 48.0 Å². The van der Waals surface area contributed by atoms with Gasteiger partial charge in [0.15, 0.2) is 0 Å². The third-order valence-electron chi connectivity index (χ3n) is 4.10. The van der Waals surface area contributed by atoms with Gasteiger partial charge in [-0.1, -0.05) is 42.5 Å². The lowest BCUT2D eigenvalue weighted by Crippen LogP contribution is -2.37. The van der Waals surface area contributed by atoms with Crippen LogP contribution in [0.15, 0.2) is 42.5 Å². The average molecular weight is 268 g/mol. The monoisotopic (exact) mass is 268 g/mol. The zero-order valence-electron chi connectivity index (χ0n) is 11.9. The summed E-state index contributed by atoms with van der Waals surface area (Å²) in [5, 5.41) is 2.39. The minimum Gasteiger partial charge on any atom is -0.332 e. The predicted octanol–water partition coefficient (Wildman–Crippen LogP) is 2.85. The molecule has 0 aliphatic carbocycles. The van der Waals surface area contributed by atoms with E-state index in [0.717, 1.165) is 5.56 Å². The summed E-state index contributed by atoms with van der Waals surface area (Å²) in [6, 6.07) is 14.5. The van der Waals surface area contributed by atoms with Crippen LogP contribution in [-0.4, -0.2) is 22.9 Å². The van der Waals surface area contributed by atoms with E-state index in [-0.39, 0.29) is 24.0 Å². The van der Waals surface area contributed by atoms with Gasteiger partial charge in [0.25, 0.3) is 0 Å². The predicted molar refractivity (Wildman–Crippen MR) is 81.3 cm³/mol. The molecule has 3 nitrogen and oxygen atoms in total. The van der Waals surface area contributed by atoms with E-state index in [4.69, 9.17) is 5.73 Å². The van der Waals surface area contributed by atoms with Gasteiger partial charge < -0.3 is 10.6 Å². The highest BCUT2D eigenvalue weighted by molar-refractivity contribution is 5.88. The van der Waals surface area contributed by atoms with Crippen LogP contribution in [0, 0.1) is 0 Å². The molecule has 1 saturated heterocycles. The van der Waals surface area contributed by atoms with Crippen LogP contribution in [-0.2, 0) is 4.79 Å². The Bertz CT molecular complexity index is 645. The quantitative estimate of drug-likeness (QED) is 0.910. The molecule has 3 rings (SSSR count). The highest BCUT2D eigenvalue weighted by atomic mass is 16.2. The lowest BCUT2D eigenvalue weighted by atomic mass is 9.94. The third kappa shape index (κ3) is 1.98. The Hall–Kier alpha value is -1.87. The zero-order valence-corrected chi connectivity index (χ0v) is 11.9. The van der Waals surface area contributed by atoms with Gasteiger partial charge in [0.1, 0.15) is 0 Å². The summed E-state index contributed by atoms with van der Waals surface area (Å²) < 4.78 is 0. The van der Waals surface area contributed by atoms with E-state index in [1.807, 2.05) is 36.9 Å². The van der Waals surface area contributed by atoms with Gasteiger partial charge in [-0.2, -0.15) is 0 Å². The summed E-state index contributed by atoms with van der Waals surface area (Å²) in [6.45, 7) is 4.10. The van der Waals surface area contributed by atoms with Gasteiger partial charge >= 0.3 is 0 Å². The van der Waals surface area contributed by atoms with Crippen LogP contribution in [0.5, 0.6) is 0 Å². The average Bonchev–Trinajstić information content (AvgIpc) is 2.73. The van der Waals surface area contributed by atoms with E-state index in [0.29, 0.717) is 6.42 Å². The molecule has 1 amide bonds. The van der Waals surface area contributed by atoms with Crippen LogP contribution >= 0.6 is 0 Å². The Labute approximate surface area is 119 Å². The lowest BCUT2D eigenvalue weighted by Gasteiger charge is -2.31. The van der Waals surface area contributed by atoms with Gasteiger partial charge in [-0.3, -0.25) is 4.79 Å². The van der Waals surface area contributed by atoms with Crippen molar-refractivity contribution in [2.24, 2.45) is 5.73 Å². The van der Waals surface area contributed by atoms with Crippen molar-refractivity contribution in [1.29, 1.82) is 0 Å². The number of likely N-dealkylation sites (tertiary alicyclic amines) is 1. The SMILES string of the molecule is CC(C)N1C(=O)CC(N)C1c1cccc2ccccc12. The van der Waals surface area contributed by atoms with Gasteiger partial charge in [-0.25, -0.2) is 0 Å². The Morgan fingerprint density at radius 1 is 1.15 bits per heavy atom. The second-order valence-electron chi connectivity index (χ2n) is 5.78. The van der Waals surface area contributed by atoms with E-state index < -0.39 is 0 Å². The number of amides is 1. The Balaban J connectivity index is 2.16. The van der Waals surface area contributed by atoms with Crippen molar-refractivity contribution < 1.29 is 4.79 Å². The first-order valence-corrected chi connectivity index (χ1v) is 7.14. The van der Waals surface area contributed by atoms with Gasteiger partial charge in [-0.15, -0.1) is 0 Å². The fourth-order valence-electron chi connectivity index (χ4n) is 3.28. The van der Waals surface area contributed by atoms with E-state index in [1.54, 1.807) is 0 Å². The van der Waals surface area contributed by atoms with Crippen LogP contribution < -0.4 is 5.73 Å². The van der Waals surface area contributed by atoms with Crippen LogP contribution in [0.3, 0.4) is 0 Å². The first kappa shape index (κ1) is 13.1. The first-order chi connectivity index (χ1) is 9.59. The summed E-state index contributed by atoms with van der Waals surface area (Å²) >= 11 is 0. The maximum absolute atomic E-state index is 12.2. The fourth-order valence-corrected chi connectivity index (χ4v) is 3.28. The number of hydrogen-bond acceptors (Lipinski definition) is 2. The zero-order chi connectivity index (χ0) is 14.3. The Morgan fingerprint density at radius 2 is 1.85 bits per heavy atom. The van der Waals surface area contributed by atoms with E-state index >= 15 is 0 Å². The summed E-state index contributed by atoms with van der Waals surface area (Å²) in [6.07, 6.45) is 0.437.